The Bertz CT molecular complexity index is 1330. The predicted molar refractivity (Wildman–Crippen MR) is 127 cm³/mol. The number of benzene rings is 2. The summed E-state index contributed by atoms with van der Waals surface area (Å²) in [6, 6.07) is 14.7. The Kier molecular flexibility index (Phi) is 4.44. The van der Waals surface area contributed by atoms with Crippen LogP contribution in [0.1, 0.15) is 28.9 Å². The number of hydrogen-bond acceptors (Lipinski definition) is 4. The van der Waals surface area contributed by atoms with E-state index in [0.29, 0.717) is 6.42 Å². The number of aryl methyl sites for hydroxylation is 3. The normalized spacial score (nSPS) is 13.6. The molecule has 0 spiro atoms. The number of pyridine rings is 1. The summed E-state index contributed by atoms with van der Waals surface area (Å²) in [5, 5.41) is 3.35. The van der Waals surface area contributed by atoms with E-state index in [1.807, 2.05) is 13.0 Å². The first-order chi connectivity index (χ1) is 14.5. The second-order valence-electron chi connectivity index (χ2n) is 7.64. The largest absolute Gasteiger partial charge is 0.348 e. The maximum Gasteiger partial charge on any atom is 0.111 e. The molecular weight excluding hydrogens is 390 g/mol. The topological polar surface area (TPSA) is 55.1 Å². The minimum Gasteiger partial charge on any atom is -0.348 e. The first kappa shape index (κ1) is 18.6. The van der Waals surface area contributed by atoms with E-state index in [2.05, 4.69) is 70.1 Å². The molecular formula is C24H21N5S. The Morgan fingerprint density at radius 2 is 1.77 bits per heavy atom. The number of aromatic nitrogens is 3. The molecule has 5 rings (SSSR count). The fourth-order valence-electron chi connectivity index (χ4n) is 3.87. The fraction of sp³-hybridized carbons (Fsp3) is 0.167. The van der Waals surface area contributed by atoms with Crippen LogP contribution in [0, 0.1) is 20.8 Å². The first-order valence-electron chi connectivity index (χ1n) is 9.88. The molecule has 1 aliphatic heterocycles. The summed E-state index contributed by atoms with van der Waals surface area (Å²) >= 11 is 5.57. The van der Waals surface area contributed by atoms with Gasteiger partial charge in [-0.2, -0.15) is 0 Å². The third-order valence-electron chi connectivity index (χ3n) is 5.55. The molecule has 2 aromatic heterocycles. The van der Waals surface area contributed by atoms with Crippen molar-refractivity contribution in [1.82, 2.24) is 14.5 Å². The molecule has 0 saturated heterocycles. The zero-order valence-electron chi connectivity index (χ0n) is 17.1. The van der Waals surface area contributed by atoms with Gasteiger partial charge in [0.2, 0.25) is 0 Å². The molecule has 30 heavy (non-hydrogen) atoms. The molecule has 0 fully saturated rings. The van der Waals surface area contributed by atoms with Crippen LogP contribution in [0.5, 0.6) is 0 Å². The lowest BCUT2D eigenvalue weighted by Gasteiger charge is -2.09. The Labute approximate surface area is 180 Å². The van der Waals surface area contributed by atoms with Gasteiger partial charge in [-0.25, -0.2) is 4.98 Å². The highest BCUT2D eigenvalue weighted by Gasteiger charge is 2.16. The third-order valence-corrected chi connectivity index (χ3v) is 5.80. The SMILES string of the molecule is Cc1cc2c(cc1C)NC(=S)CC(c1ccc(-n3c(C)nc4cnccc43)cc1)=N2. The predicted octanol–water partition coefficient (Wildman–Crippen LogP) is 5.61. The lowest BCUT2D eigenvalue weighted by atomic mass is 10.1. The fourth-order valence-corrected chi connectivity index (χ4v) is 4.12. The number of nitrogens with one attached hydrogen (secondary N) is 1. The zero-order valence-corrected chi connectivity index (χ0v) is 17.9. The van der Waals surface area contributed by atoms with Crippen molar-refractivity contribution in [1.29, 1.82) is 0 Å². The number of fused-ring (bicyclic) bond motifs is 2. The summed E-state index contributed by atoms with van der Waals surface area (Å²) < 4.78 is 2.14. The maximum atomic E-state index is 5.57. The molecule has 0 aliphatic carbocycles. The van der Waals surface area contributed by atoms with Gasteiger partial charge in [-0.15, -0.1) is 0 Å². The highest BCUT2D eigenvalue weighted by atomic mass is 32.1. The molecule has 148 valence electrons. The molecule has 0 bridgehead atoms. The van der Waals surface area contributed by atoms with Gasteiger partial charge in [-0.3, -0.25) is 14.5 Å². The quantitative estimate of drug-likeness (QED) is 0.436. The number of rotatable bonds is 2. The van der Waals surface area contributed by atoms with Crippen LogP contribution < -0.4 is 5.32 Å². The van der Waals surface area contributed by atoms with Crippen LogP contribution in [0.2, 0.25) is 0 Å². The van der Waals surface area contributed by atoms with Crippen LogP contribution in [0.3, 0.4) is 0 Å². The Morgan fingerprint density at radius 3 is 2.57 bits per heavy atom. The summed E-state index contributed by atoms with van der Waals surface area (Å²) in [5.41, 5.74) is 9.40. The Morgan fingerprint density at radius 1 is 1.00 bits per heavy atom. The van der Waals surface area contributed by atoms with E-state index in [-0.39, 0.29) is 0 Å². The number of nitrogens with zero attached hydrogens (tertiary/aromatic N) is 4. The molecule has 0 atom stereocenters. The van der Waals surface area contributed by atoms with E-state index in [1.165, 1.54) is 11.1 Å². The summed E-state index contributed by atoms with van der Waals surface area (Å²) in [5.74, 6) is 0.933. The van der Waals surface area contributed by atoms with Gasteiger partial charge in [-0.05, 0) is 67.8 Å². The summed E-state index contributed by atoms with van der Waals surface area (Å²) in [6.45, 7) is 6.22. The van der Waals surface area contributed by atoms with Gasteiger partial charge in [0, 0.05) is 18.3 Å². The van der Waals surface area contributed by atoms with E-state index in [0.717, 1.165) is 50.2 Å². The molecule has 2 aromatic carbocycles. The monoisotopic (exact) mass is 411 g/mol. The van der Waals surface area contributed by atoms with Gasteiger partial charge in [0.15, 0.2) is 0 Å². The summed E-state index contributed by atoms with van der Waals surface area (Å²) in [4.78, 5) is 14.5. The van der Waals surface area contributed by atoms with Gasteiger partial charge in [0.1, 0.15) is 11.3 Å². The number of imidazole rings is 1. The lowest BCUT2D eigenvalue weighted by Crippen LogP contribution is -2.13. The highest BCUT2D eigenvalue weighted by molar-refractivity contribution is 7.80. The highest BCUT2D eigenvalue weighted by Crippen LogP contribution is 2.32. The summed E-state index contributed by atoms with van der Waals surface area (Å²) in [6.07, 6.45) is 4.20. The van der Waals surface area contributed by atoms with Gasteiger partial charge in [-0.1, -0.05) is 24.4 Å². The van der Waals surface area contributed by atoms with Crippen LogP contribution in [0.25, 0.3) is 16.7 Å². The van der Waals surface area contributed by atoms with Gasteiger partial charge in [0.25, 0.3) is 0 Å². The molecule has 1 aliphatic rings. The lowest BCUT2D eigenvalue weighted by molar-refractivity contribution is 1.00. The second-order valence-corrected chi connectivity index (χ2v) is 8.14. The molecule has 0 saturated carbocycles. The average Bonchev–Trinajstić information content (AvgIpc) is 2.97. The molecule has 4 aromatic rings. The minimum atomic E-state index is 0.611. The van der Waals surface area contributed by atoms with Crippen molar-refractivity contribution in [3.63, 3.8) is 0 Å². The minimum absolute atomic E-state index is 0.611. The van der Waals surface area contributed by atoms with Crippen LogP contribution in [0.15, 0.2) is 59.9 Å². The Hall–Kier alpha value is -3.38. The van der Waals surface area contributed by atoms with Crippen LogP contribution >= 0.6 is 12.2 Å². The average molecular weight is 412 g/mol. The van der Waals surface area contributed by atoms with Crippen molar-refractivity contribution >= 4 is 45.3 Å². The molecule has 1 N–H and O–H groups in total. The van der Waals surface area contributed by atoms with Crippen molar-refractivity contribution in [2.24, 2.45) is 4.99 Å². The molecule has 0 unspecified atom stereocenters. The number of anilines is 1. The van der Waals surface area contributed by atoms with Crippen molar-refractivity contribution in [2.75, 3.05) is 5.32 Å². The first-order valence-corrected chi connectivity index (χ1v) is 10.3. The molecule has 3 heterocycles. The maximum absolute atomic E-state index is 5.57. The van der Waals surface area contributed by atoms with Crippen molar-refractivity contribution < 1.29 is 0 Å². The van der Waals surface area contributed by atoms with E-state index in [1.54, 1.807) is 12.4 Å². The van der Waals surface area contributed by atoms with E-state index in [9.17, 15) is 0 Å². The van der Waals surface area contributed by atoms with Crippen LogP contribution in [-0.2, 0) is 0 Å². The number of hydrogen-bond donors (Lipinski definition) is 1. The number of aliphatic imine (C=N–C) groups is 1. The van der Waals surface area contributed by atoms with Gasteiger partial charge < -0.3 is 5.32 Å². The van der Waals surface area contributed by atoms with Crippen LogP contribution in [0.4, 0.5) is 11.4 Å². The molecule has 0 radical (unpaired) electrons. The van der Waals surface area contributed by atoms with Crippen molar-refractivity contribution in [2.45, 2.75) is 27.2 Å². The Balaban J connectivity index is 1.56. The third kappa shape index (κ3) is 3.19. The zero-order chi connectivity index (χ0) is 20.8. The van der Waals surface area contributed by atoms with E-state index < -0.39 is 0 Å². The van der Waals surface area contributed by atoms with E-state index >= 15 is 0 Å². The van der Waals surface area contributed by atoms with Gasteiger partial charge in [0.05, 0.1) is 33.8 Å². The second kappa shape index (κ2) is 7.15. The van der Waals surface area contributed by atoms with Crippen molar-refractivity contribution in [3.05, 3.63) is 77.4 Å². The van der Waals surface area contributed by atoms with Gasteiger partial charge >= 0.3 is 0 Å². The molecule has 0 amide bonds. The van der Waals surface area contributed by atoms with Crippen LogP contribution in [-0.4, -0.2) is 25.2 Å². The number of thiocarbonyl (C=S) groups is 1. The van der Waals surface area contributed by atoms with Crippen molar-refractivity contribution in [3.8, 4) is 5.69 Å². The molecule has 5 nitrogen and oxygen atoms in total. The summed E-state index contributed by atoms with van der Waals surface area (Å²) in [7, 11) is 0. The smallest absolute Gasteiger partial charge is 0.111 e. The standard InChI is InChI=1S/C24H21N5S/c1-14-10-20-21(11-15(14)2)28-24(30)12-19(27-20)17-4-6-18(7-5-17)29-16(3)26-22-13-25-9-8-23(22)29/h4-11,13H,12H2,1-3H3,(H,28,30). The molecule has 6 heteroatoms. The van der Waals surface area contributed by atoms with E-state index in [4.69, 9.17) is 17.2 Å².